The Balaban J connectivity index is 0.000000151. The van der Waals surface area contributed by atoms with Crippen molar-refractivity contribution in [3.63, 3.8) is 0 Å². The number of hydrogen-bond acceptors (Lipinski definition) is 7. The lowest BCUT2D eigenvalue weighted by atomic mass is 10.2. The molecule has 0 aromatic carbocycles. The van der Waals surface area contributed by atoms with Gasteiger partial charge >= 0.3 is 0 Å². The fourth-order valence-electron chi connectivity index (χ4n) is 2.04. The number of nitrogens with two attached hydrogens (primary N) is 1. The van der Waals surface area contributed by atoms with E-state index in [-0.39, 0.29) is 0 Å². The van der Waals surface area contributed by atoms with Crippen LogP contribution in [0.3, 0.4) is 0 Å². The molecule has 4 aromatic heterocycles. The maximum Gasteiger partial charge on any atom is 0.223 e. The molecule has 0 radical (unpaired) electrons. The van der Waals surface area contributed by atoms with E-state index in [4.69, 9.17) is 5.73 Å². The molecule has 0 saturated carbocycles. The van der Waals surface area contributed by atoms with E-state index in [9.17, 15) is 4.39 Å². The Kier molecular flexibility index (Phi) is 5.46. The normalized spacial score (nSPS) is 9.88. The van der Waals surface area contributed by atoms with Crippen LogP contribution in [0.5, 0.6) is 0 Å². The van der Waals surface area contributed by atoms with Crippen molar-refractivity contribution < 1.29 is 4.39 Å². The number of rotatable bonds is 2. The molecule has 4 heterocycles. The van der Waals surface area contributed by atoms with Gasteiger partial charge in [-0.25, -0.2) is 29.9 Å². The fourth-order valence-corrected chi connectivity index (χ4v) is 2.04. The number of anilines is 1. The highest BCUT2D eigenvalue weighted by Crippen LogP contribution is 2.18. The molecular formula is C18H14FN7. The van der Waals surface area contributed by atoms with Gasteiger partial charge < -0.3 is 5.73 Å². The van der Waals surface area contributed by atoms with Gasteiger partial charge in [-0.2, -0.15) is 4.39 Å². The number of halogens is 1. The summed E-state index contributed by atoms with van der Waals surface area (Å²) >= 11 is 0. The third-order valence-corrected chi connectivity index (χ3v) is 3.21. The van der Waals surface area contributed by atoms with E-state index in [1.54, 1.807) is 55.2 Å². The summed E-state index contributed by atoms with van der Waals surface area (Å²) in [4.78, 5) is 23.5. The summed E-state index contributed by atoms with van der Waals surface area (Å²) in [5.41, 5.74) is 6.75. The van der Waals surface area contributed by atoms with Crippen molar-refractivity contribution in [1.82, 2.24) is 29.9 Å². The van der Waals surface area contributed by atoms with Gasteiger partial charge in [-0.15, -0.1) is 0 Å². The van der Waals surface area contributed by atoms with Crippen LogP contribution in [-0.2, 0) is 0 Å². The van der Waals surface area contributed by atoms with Crippen molar-refractivity contribution in [2.45, 2.75) is 0 Å². The van der Waals surface area contributed by atoms with Crippen LogP contribution < -0.4 is 5.73 Å². The molecule has 0 unspecified atom stereocenters. The molecule has 0 aliphatic heterocycles. The lowest BCUT2D eigenvalue weighted by Gasteiger charge is -2.00. The maximum atomic E-state index is 13.1. The molecule has 0 fully saturated rings. The van der Waals surface area contributed by atoms with E-state index < -0.39 is 5.95 Å². The number of hydrogen-bond donors (Lipinski definition) is 1. The van der Waals surface area contributed by atoms with Crippen LogP contribution in [0.1, 0.15) is 0 Å². The minimum absolute atomic E-state index is 0.322. The largest absolute Gasteiger partial charge is 0.383 e. The van der Waals surface area contributed by atoms with Gasteiger partial charge in [-0.05, 0) is 36.4 Å². The molecule has 4 rings (SSSR count). The van der Waals surface area contributed by atoms with Crippen LogP contribution in [0.15, 0.2) is 73.6 Å². The van der Waals surface area contributed by atoms with Crippen LogP contribution in [0.25, 0.3) is 22.8 Å². The number of nitrogens with zero attached hydrogens (tertiary/aromatic N) is 6. The van der Waals surface area contributed by atoms with Crippen molar-refractivity contribution in [2.24, 2.45) is 0 Å². The third kappa shape index (κ3) is 4.18. The molecule has 0 atom stereocenters. The maximum absolute atomic E-state index is 13.1. The molecule has 0 amide bonds. The summed E-state index contributed by atoms with van der Waals surface area (Å²) in [6, 6.07) is 10.3. The molecular weight excluding hydrogens is 333 g/mol. The first kappa shape index (κ1) is 17.0. The standard InChI is InChI=1S/C9H6FN3.C9H8N4/c2*10-8-7(3-1-4-11-8)9-12-5-2-6-13-9/h1-6H;1-6H,(H2,10,11). The highest BCUT2D eigenvalue weighted by molar-refractivity contribution is 5.67. The second-order valence-corrected chi connectivity index (χ2v) is 4.92. The van der Waals surface area contributed by atoms with Gasteiger partial charge in [0.2, 0.25) is 5.95 Å². The van der Waals surface area contributed by atoms with Crippen LogP contribution in [0, 0.1) is 5.95 Å². The molecule has 0 saturated heterocycles. The molecule has 0 spiro atoms. The summed E-state index contributed by atoms with van der Waals surface area (Å²) in [5.74, 6) is 0.864. The van der Waals surface area contributed by atoms with E-state index in [0.717, 1.165) is 5.56 Å². The molecule has 128 valence electrons. The molecule has 7 nitrogen and oxygen atoms in total. The zero-order chi connectivity index (χ0) is 18.2. The average Bonchev–Trinajstić information content (AvgIpc) is 2.71. The quantitative estimate of drug-likeness (QED) is 0.556. The lowest BCUT2D eigenvalue weighted by molar-refractivity contribution is 0.586. The van der Waals surface area contributed by atoms with Crippen molar-refractivity contribution in [3.05, 3.63) is 79.5 Å². The van der Waals surface area contributed by atoms with Gasteiger partial charge in [0.25, 0.3) is 0 Å². The summed E-state index contributed by atoms with van der Waals surface area (Å²) in [6.45, 7) is 0. The predicted octanol–water partition coefficient (Wildman–Crippen LogP) is 2.80. The smallest absolute Gasteiger partial charge is 0.223 e. The van der Waals surface area contributed by atoms with Crippen molar-refractivity contribution in [1.29, 1.82) is 0 Å². The Morgan fingerprint density at radius 1 is 0.577 bits per heavy atom. The molecule has 0 aliphatic carbocycles. The number of nitrogen functional groups attached to an aromatic ring is 1. The zero-order valence-electron chi connectivity index (χ0n) is 13.6. The molecule has 2 N–H and O–H groups in total. The highest BCUT2D eigenvalue weighted by Gasteiger charge is 2.06. The lowest BCUT2D eigenvalue weighted by Crippen LogP contribution is -1.95. The van der Waals surface area contributed by atoms with Gasteiger partial charge in [-0.1, -0.05) is 0 Å². The van der Waals surface area contributed by atoms with Crippen molar-refractivity contribution in [2.75, 3.05) is 5.73 Å². The monoisotopic (exact) mass is 347 g/mol. The Hall–Kier alpha value is -3.81. The van der Waals surface area contributed by atoms with Gasteiger partial charge in [0.15, 0.2) is 11.6 Å². The average molecular weight is 347 g/mol. The minimum atomic E-state index is -0.547. The van der Waals surface area contributed by atoms with Crippen molar-refractivity contribution >= 4 is 5.82 Å². The second kappa shape index (κ2) is 8.34. The molecule has 0 aliphatic rings. The zero-order valence-corrected chi connectivity index (χ0v) is 13.6. The topological polar surface area (TPSA) is 103 Å². The first-order valence-corrected chi connectivity index (χ1v) is 7.61. The van der Waals surface area contributed by atoms with Gasteiger partial charge in [0.1, 0.15) is 5.82 Å². The van der Waals surface area contributed by atoms with E-state index in [0.29, 0.717) is 23.0 Å². The molecule has 26 heavy (non-hydrogen) atoms. The summed E-state index contributed by atoms with van der Waals surface area (Å²) in [7, 11) is 0. The van der Waals surface area contributed by atoms with E-state index >= 15 is 0 Å². The summed E-state index contributed by atoms with van der Waals surface area (Å²) in [6.07, 6.45) is 9.51. The van der Waals surface area contributed by atoms with Crippen molar-refractivity contribution in [3.8, 4) is 22.8 Å². The SMILES string of the molecule is Fc1ncccc1-c1ncccn1.Nc1ncccc1-c1ncccn1. The summed E-state index contributed by atoms with van der Waals surface area (Å²) in [5, 5.41) is 0. The second-order valence-electron chi connectivity index (χ2n) is 4.92. The molecule has 8 heteroatoms. The number of aromatic nitrogens is 6. The number of pyridine rings is 2. The molecule has 4 aromatic rings. The van der Waals surface area contributed by atoms with Crippen LogP contribution in [0.2, 0.25) is 0 Å². The third-order valence-electron chi connectivity index (χ3n) is 3.21. The van der Waals surface area contributed by atoms with Gasteiger partial charge in [0.05, 0.1) is 11.1 Å². The first-order valence-electron chi connectivity index (χ1n) is 7.61. The Morgan fingerprint density at radius 3 is 1.58 bits per heavy atom. The van der Waals surface area contributed by atoms with Crippen LogP contribution in [-0.4, -0.2) is 29.9 Å². The van der Waals surface area contributed by atoms with Gasteiger partial charge in [0, 0.05) is 37.2 Å². The Bertz CT molecular complexity index is 884. The van der Waals surface area contributed by atoms with E-state index in [1.807, 2.05) is 12.1 Å². The van der Waals surface area contributed by atoms with Crippen LogP contribution >= 0.6 is 0 Å². The first-order chi connectivity index (χ1) is 12.8. The van der Waals surface area contributed by atoms with E-state index in [1.165, 1.54) is 6.20 Å². The summed E-state index contributed by atoms with van der Waals surface area (Å²) < 4.78 is 13.1. The fraction of sp³-hybridized carbons (Fsp3) is 0. The van der Waals surface area contributed by atoms with Gasteiger partial charge in [-0.3, -0.25) is 0 Å². The highest BCUT2D eigenvalue weighted by atomic mass is 19.1. The Labute approximate surface area is 148 Å². The predicted molar refractivity (Wildman–Crippen MR) is 94.9 cm³/mol. The molecule has 0 bridgehead atoms. The van der Waals surface area contributed by atoms with Crippen LogP contribution in [0.4, 0.5) is 10.2 Å². The van der Waals surface area contributed by atoms with E-state index in [2.05, 4.69) is 29.9 Å². The minimum Gasteiger partial charge on any atom is -0.383 e. The Morgan fingerprint density at radius 2 is 1.04 bits per heavy atom.